The summed E-state index contributed by atoms with van der Waals surface area (Å²) >= 11 is 10.4. The lowest BCUT2D eigenvalue weighted by molar-refractivity contribution is 0.219. The molecule has 1 unspecified atom stereocenters. The van der Waals surface area contributed by atoms with Crippen molar-refractivity contribution >= 4 is 38.9 Å². The van der Waals surface area contributed by atoms with Gasteiger partial charge in [0.15, 0.2) is 0 Å². The van der Waals surface area contributed by atoms with E-state index in [0.717, 1.165) is 12.1 Å². The van der Waals surface area contributed by atoms with Crippen molar-refractivity contribution in [1.29, 1.82) is 0 Å². The highest BCUT2D eigenvalue weighted by Gasteiger charge is 2.19. The molecule has 1 aromatic heterocycles. The summed E-state index contributed by atoms with van der Waals surface area (Å²) in [5.41, 5.74) is 1.37. The van der Waals surface area contributed by atoms with Crippen LogP contribution in [0.3, 0.4) is 0 Å². The predicted molar refractivity (Wildman–Crippen MR) is 74.7 cm³/mol. The second kappa shape index (κ2) is 5.65. The first-order valence-electron chi connectivity index (χ1n) is 5.29. The van der Waals surface area contributed by atoms with Gasteiger partial charge in [0, 0.05) is 16.0 Å². The van der Waals surface area contributed by atoms with E-state index < -0.39 is 11.9 Å². The van der Waals surface area contributed by atoms with Crippen LogP contribution in [0.15, 0.2) is 22.0 Å². The predicted octanol–water partition coefficient (Wildman–Crippen LogP) is 4.34. The van der Waals surface area contributed by atoms with Gasteiger partial charge in [-0.05, 0) is 34.5 Å². The first-order valence-corrected chi connectivity index (χ1v) is 7.34. The Balaban J connectivity index is 2.39. The van der Waals surface area contributed by atoms with Crippen molar-refractivity contribution in [1.82, 2.24) is 4.98 Å². The van der Waals surface area contributed by atoms with Gasteiger partial charge in [-0.15, -0.1) is 11.3 Å². The lowest BCUT2D eigenvalue weighted by Gasteiger charge is -2.11. The van der Waals surface area contributed by atoms with E-state index >= 15 is 0 Å². The number of halogens is 3. The molecular formula is C12H10BrClFNOS. The van der Waals surface area contributed by atoms with Gasteiger partial charge in [0.1, 0.15) is 16.9 Å². The molecule has 0 saturated carbocycles. The average Bonchev–Trinajstić information content (AvgIpc) is 2.81. The number of hydrogen-bond donors (Lipinski definition) is 1. The Labute approximate surface area is 122 Å². The summed E-state index contributed by atoms with van der Waals surface area (Å²) in [5, 5.41) is 12.9. The maximum Gasteiger partial charge on any atom is 0.138 e. The molecule has 2 aromatic rings. The van der Waals surface area contributed by atoms with Crippen LogP contribution in [0, 0.1) is 5.82 Å². The average molecular weight is 351 g/mol. The SMILES string of the molecule is CCc1csc(C(O)c2cc(Br)c(F)cc2Cl)n1. The first-order chi connectivity index (χ1) is 8.52. The van der Waals surface area contributed by atoms with Crippen molar-refractivity contribution in [2.24, 2.45) is 0 Å². The number of aliphatic hydroxyl groups is 1. The fourth-order valence-electron chi connectivity index (χ4n) is 1.49. The molecule has 1 aromatic carbocycles. The zero-order chi connectivity index (χ0) is 13.3. The van der Waals surface area contributed by atoms with Crippen LogP contribution in [0.2, 0.25) is 5.02 Å². The molecule has 2 nitrogen and oxygen atoms in total. The highest BCUT2D eigenvalue weighted by Crippen LogP contribution is 2.33. The molecule has 0 aliphatic rings. The summed E-state index contributed by atoms with van der Waals surface area (Å²) < 4.78 is 13.5. The van der Waals surface area contributed by atoms with Gasteiger partial charge in [0.05, 0.1) is 10.2 Å². The molecule has 0 aliphatic carbocycles. The minimum absolute atomic E-state index is 0.191. The molecule has 0 amide bonds. The smallest absolute Gasteiger partial charge is 0.138 e. The van der Waals surface area contributed by atoms with Crippen molar-refractivity contribution in [3.05, 3.63) is 49.1 Å². The third kappa shape index (κ3) is 2.74. The molecule has 0 saturated heterocycles. The van der Waals surface area contributed by atoms with Gasteiger partial charge in [-0.2, -0.15) is 0 Å². The van der Waals surface area contributed by atoms with Gasteiger partial charge < -0.3 is 5.11 Å². The summed E-state index contributed by atoms with van der Waals surface area (Å²) in [5.74, 6) is -0.454. The summed E-state index contributed by atoms with van der Waals surface area (Å²) in [6, 6.07) is 2.66. The van der Waals surface area contributed by atoms with E-state index in [-0.39, 0.29) is 9.50 Å². The number of nitrogens with zero attached hydrogens (tertiary/aromatic N) is 1. The Morgan fingerprint density at radius 2 is 2.28 bits per heavy atom. The van der Waals surface area contributed by atoms with Crippen LogP contribution in [0.4, 0.5) is 4.39 Å². The van der Waals surface area contributed by atoms with Crippen molar-refractivity contribution in [3.8, 4) is 0 Å². The third-order valence-electron chi connectivity index (χ3n) is 2.50. The van der Waals surface area contributed by atoms with Gasteiger partial charge in [-0.3, -0.25) is 0 Å². The topological polar surface area (TPSA) is 33.1 Å². The maximum absolute atomic E-state index is 13.3. The van der Waals surface area contributed by atoms with Gasteiger partial charge in [-0.1, -0.05) is 18.5 Å². The van der Waals surface area contributed by atoms with Gasteiger partial charge in [-0.25, -0.2) is 9.37 Å². The van der Waals surface area contributed by atoms with E-state index in [0.29, 0.717) is 10.6 Å². The summed E-state index contributed by atoms with van der Waals surface area (Å²) in [7, 11) is 0. The fourth-order valence-corrected chi connectivity index (χ4v) is 3.01. The van der Waals surface area contributed by atoms with Crippen LogP contribution < -0.4 is 0 Å². The van der Waals surface area contributed by atoms with Crippen LogP contribution in [0.1, 0.15) is 29.3 Å². The van der Waals surface area contributed by atoms with E-state index in [4.69, 9.17) is 11.6 Å². The van der Waals surface area contributed by atoms with Crippen molar-refractivity contribution in [2.45, 2.75) is 19.4 Å². The van der Waals surface area contributed by atoms with Gasteiger partial charge in [0.25, 0.3) is 0 Å². The molecule has 0 radical (unpaired) electrons. The summed E-state index contributed by atoms with van der Waals surface area (Å²) in [4.78, 5) is 4.30. The molecule has 2 rings (SSSR count). The number of thiazole rings is 1. The maximum atomic E-state index is 13.3. The van der Waals surface area contributed by atoms with Crippen LogP contribution in [0.25, 0.3) is 0 Å². The van der Waals surface area contributed by atoms with Gasteiger partial charge in [0.2, 0.25) is 0 Å². The molecular weight excluding hydrogens is 341 g/mol. The third-order valence-corrected chi connectivity index (χ3v) is 4.38. The number of rotatable bonds is 3. The van der Waals surface area contributed by atoms with E-state index in [1.807, 2.05) is 12.3 Å². The van der Waals surface area contributed by atoms with Crippen molar-refractivity contribution in [3.63, 3.8) is 0 Å². The molecule has 1 N–H and O–H groups in total. The number of aryl methyl sites for hydroxylation is 1. The largest absolute Gasteiger partial charge is 0.381 e. The Kier molecular flexibility index (Phi) is 4.37. The second-order valence-electron chi connectivity index (χ2n) is 3.72. The van der Waals surface area contributed by atoms with Crippen LogP contribution in [-0.2, 0) is 6.42 Å². The highest BCUT2D eigenvalue weighted by molar-refractivity contribution is 9.10. The standard InChI is InChI=1S/C12H10BrClFNOS/c1-2-6-5-18-12(16-6)11(17)7-3-8(13)10(15)4-9(7)14/h3-5,11,17H,2H2,1H3. The summed E-state index contributed by atoms with van der Waals surface area (Å²) in [6.07, 6.45) is -0.121. The molecule has 18 heavy (non-hydrogen) atoms. The quantitative estimate of drug-likeness (QED) is 0.835. The van der Waals surface area contributed by atoms with Crippen LogP contribution in [-0.4, -0.2) is 10.1 Å². The monoisotopic (exact) mass is 349 g/mol. The van der Waals surface area contributed by atoms with Crippen molar-refractivity contribution in [2.75, 3.05) is 0 Å². The van der Waals surface area contributed by atoms with E-state index in [9.17, 15) is 9.50 Å². The fraction of sp³-hybridized carbons (Fsp3) is 0.250. The Hall–Kier alpha value is -0.490. The number of benzene rings is 1. The Morgan fingerprint density at radius 3 is 2.89 bits per heavy atom. The molecule has 1 heterocycles. The zero-order valence-electron chi connectivity index (χ0n) is 9.45. The minimum Gasteiger partial charge on any atom is -0.381 e. The molecule has 0 aliphatic heterocycles. The number of aliphatic hydroxyl groups excluding tert-OH is 1. The van der Waals surface area contributed by atoms with E-state index in [1.54, 1.807) is 0 Å². The summed E-state index contributed by atoms with van der Waals surface area (Å²) in [6.45, 7) is 1.99. The normalized spacial score (nSPS) is 12.7. The first kappa shape index (κ1) is 13.9. The van der Waals surface area contributed by atoms with Crippen LogP contribution >= 0.6 is 38.9 Å². The number of hydrogen-bond acceptors (Lipinski definition) is 3. The minimum atomic E-state index is -0.931. The van der Waals surface area contributed by atoms with E-state index in [1.165, 1.54) is 23.5 Å². The second-order valence-corrected chi connectivity index (χ2v) is 5.87. The lowest BCUT2D eigenvalue weighted by atomic mass is 10.1. The Bertz CT molecular complexity index is 575. The molecule has 6 heteroatoms. The van der Waals surface area contributed by atoms with Crippen molar-refractivity contribution < 1.29 is 9.50 Å². The zero-order valence-corrected chi connectivity index (χ0v) is 12.6. The molecule has 0 bridgehead atoms. The number of aromatic nitrogens is 1. The molecule has 1 atom stereocenters. The van der Waals surface area contributed by atoms with Crippen LogP contribution in [0.5, 0.6) is 0 Å². The molecule has 96 valence electrons. The highest BCUT2D eigenvalue weighted by atomic mass is 79.9. The lowest BCUT2D eigenvalue weighted by Crippen LogP contribution is -2.01. The van der Waals surface area contributed by atoms with E-state index in [2.05, 4.69) is 20.9 Å². The molecule has 0 spiro atoms. The Morgan fingerprint density at radius 1 is 1.56 bits per heavy atom. The molecule has 0 fully saturated rings. The van der Waals surface area contributed by atoms with Gasteiger partial charge >= 0.3 is 0 Å².